The normalized spacial score (nSPS) is 28.9. The maximum atomic E-state index is 5.50. The Bertz CT molecular complexity index is 177. The Morgan fingerprint density at radius 1 is 1.36 bits per heavy atom. The van der Waals surface area contributed by atoms with Crippen molar-refractivity contribution in [2.45, 2.75) is 45.6 Å². The van der Waals surface area contributed by atoms with Crippen LogP contribution in [0.2, 0.25) is 0 Å². The molecular formula is C12H22ClN. The van der Waals surface area contributed by atoms with Crippen LogP contribution in [0.25, 0.3) is 0 Å². The average molecular weight is 216 g/mol. The van der Waals surface area contributed by atoms with Gasteiger partial charge in [0.25, 0.3) is 0 Å². The Balaban J connectivity index is 2.37. The van der Waals surface area contributed by atoms with Gasteiger partial charge in [-0.2, -0.15) is 0 Å². The summed E-state index contributed by atoms with van der Waals surface area (Å²) >= 11 is 5.50. The molecule has 1 nitrogen and oxygen atoms in total. The fourth-order valence-electron chi connectivity index (χ4n) is 2.47. The molecule has 0 saturated heterocycles. The van der Waals surface area contributed by atoms with E-state index < -0.39 is 0 Å². The molecule has 82 valence electrons. The molecule has 2 unspecified atom stereocenters. The van der Waals surface area contributed by atoms with Gasteiger partial charge in [-0.05, 0) is 24.7 Å². The zero-order chi connectivity index (χ0) is 10.4. The van der Waals surface area contributed by atoms with Crippen LogP contribution in [-0.4, -0.2) is 12.6 Å². The lowest BCUT2D eigenvalue weighted by Crippen LogP contribution is -2.40. The van der Waals surface area contributed by atoms with Gasteiger partial charge in [-0.3, -0.25) is 0 Å². The van der Waals surface area contributed by atoms with Crippen LogP contribution in [0.1, 0.15) is 39.5 Å². The molecule has 0 aliphatic heterocycles. The van der Waals surface area contributed by atoms with Gasteiger partial charge in [0.1, 0.15) is 0 Å². The lowest BCUT2D eigenvalue weighted by molar-refractivity contribution is 0.210. The summed E-state index contributed by atoms with van der Waals surface area (Å²) in [5.41, 5.74) is 1.60. The molecule has 1 fully saturated rings. The molecule has 0 amide bonds. The maximum absolute atomic E-state index is 5.50. The van der Waals surface area contributed by atoms with E-state index in [-0.39, 0.29) is 0 Å². The van der Waals surface area contributed by atoms with E-state index in [1.807, 2.05) is 6.08 Å². The predicted octanol–water partition coefficient (Wildman–Crippen LogP) is 3.54. The van der Waals surface area contributed by atoms with E-state index in [2.05, 4.69) is 19.2 Å². The second kappa shape index (κ2) is 6.47. The van der Waals surface area contributed by atoms with Crippen molar-refractivity contribution < 1.29 is 0 Å². The van der Waals surface area contributed by atoms with E-state index in [4.69, 9.17) is 11.6 Å². The van der Waals surface area contributed by atoms with E-state index in [9.17, 15) is 0 Å². The van der Waals surface area contributed by atoms with Crippen LogP contribution in [0.3, 0.4) is 0 Å². The SMILES string of the molecule is CC(C)C1CCCCC1NC/C=C/Cl. The zero-order valence-corrected chi connectivity index (χ0v) is 10.1. The number of halogens is 1. The quantitative estimate of drug-likeness (QED) is 0.757. The first-order valence-corrected chi connectivity index (χ1v) is 6.18. The van der Waals surface area contributed by atoms with Crippen LogP contribution in [0.15, 0.2) is 11.6 Å². The molecule has 0 aromatic heterocycles. The highest BCUT2D eigenvalue weighted by atomic mass is 35.5. The lowest BCUT2D eigenvalue weighted by Gasteiger charge is -2.34. The van der Waals surface area contributed by atoms with Crippen molar-refractivity contribution in [2.75, 3.05) is 6.54 Å². The van der Waals surface area contributed by atoms with Crippen molar-refractivity contribution >= 4 is 11.6 Å². The molecule has 0 bridgehead atoms. The maximum Gasteiger partial charge on any atom is 0.0149 e. The summed E-state index contributed by atoms with van der Waals surface area (Å²) in [5, 5.41) is 3.58. The summed E-state index contributed by atoms with van der Waals surface area (Å²) in [6.07, 6.45) is 7.49. The van der Waals surface area contributed by atoms with Crippen molar-refractivity contribution in [2.24, 2.45) is 11.8 Å². The number of nitrogens with one attached hydrogen (secondary N) is 1. The molecule has 1 saturated carbocycles. The van der Waals surface area contributed by atoms with Crippen molar-refractivity contribution in [1.29, 1.82) is 0 Å². The molecule has 0 heterocycles. The predicted molar refractivity (Wildman–Crippen MR) is 63.6 cm³/mol. The highest BCUT2D eigenvalue weighted by molar-refractivity contribution is 6.25. The van der Waals surface area contributed by atoms with E-state index in [1.54, 1.807) is 5.54 Å². The van der Waals surface area contributed by atoms with Gasteiger partial charge in [0.15, 0.2) is 0 Å². The molecule has 2 heteroatoms. The lowest BCUT2D eigenvalue weighted by atomic mass is 9.78. The summed E-state index contributed by atoms with van der Waals surface area (Å²) in [6, 6.07) is 0.705. The van der Waals surface area contributed by atoms with Crippen LogP contribution in [0, 0.1) is 11.8 Å². The highest BCUT2D eigenvalue weighted by Crippen LogP contribution is 2.29. The highest BCUT2D eigenvalue weighted by Gasteiger charge is 2.26. The summed E-state index contributed by atoms with van der Waals surface area (Å²) in [4.78, 5) is 0. The summed E-state index contributed by atoms with van der Waals surface area (Å²) < 4.78 is 0. The smallest absolute Gasteiger partial charge is 0.0149 e. The topological polar surface area (TPSA) is 12.0 Å². The van der Waals surface area contributed by atoms with Gasteiger partial charge in [-0.1, -0.05) is 44.4 Å². The van der Waals surface area contributed by atoms with Crippen LogP contribution in [-0.2, 0) is 0 Å². The first kappa shape index (κ1) is 12.1. The molecule has 0 spiro atoms. The van der Waals surface area contributed by atoms with Crippen LogP contribution < -0.4 is 5.32 Å². The first-order chi connectivity index (χ1) is 6.75. The number of rotatable bonds is 4. The standard InChI is InChI=1S/C12H22ClN/c1-10(2)11-6-3-4-7-12(11)14-9-5-8-13/h5,8,10-12,14H,3-4,6-7,9H2,1-2H3/b8-5+. The summed E-state index contributed by atoms with van der Waals surface area (Å²) in [6.45, 7) is 5.58. The number of hydrogen-bond acceptors (Lipinski definition) is 1. The molecule has 1 N–H and O–H groups in total. The zero-order valence-electron chi connectivity index (χ0n) is 9.30. The van der Waals surface area contributed by atoms with Gasteiger partial charge in [0, 0.05) is 18.1 Å². The second-order valence-electron chi connectivity index (χ2n) is 4.57. The molecule has 0 aromatic rings. The molecule has 1 aliphatic rings. The van der Waals surface area contributed by atoms with Gasteiger partial charge in [0.2, 0.25) is 0 Å². The minimum absolute atomic E-state index is 0.705. The van der Waals surface area contributed by atoms with Crippen LogP contribution >= 0.6 is 11.6 Å². The minimum Gasteiger partial charge on any atom is -0.310 e. The monoisotopic (exact) mass is 215 g/mol. The van der Waals surface area contributed by atoms with E-state index in [0.29, 0.717) is 6.04 Å². The molecule has 1 aliphatic carbocycles. The van der Waals surface area contributed by atoms with Gasteiger partial charge in [-0.25, -0.2) is 0 Å². The van der Waals surface area contributed by atoms with Crippen molar-refractivity contribution in [3.63, 3.8) is 0 Å². The Morgan fingerprint density at radius 2 is 2.07 bits per heavy atom. The van der Waals surface area contributed by atoms with Crippen molar-refractivity contribution in [3.05, 3.63) is 11.6 Å². The molecule has 1 rings (SSSR count). The molecule has 2 atom stereocenters. The first-order valence-electron chi connectivity index (χ1n) is 5.74. The van der Waals surface area contributed by atoms with Crippen molar-refractivity contribution in [1.82, 2.24) is 5.32 Å². The average Bonchev–Trinajstić information content (AvgIpc) is 2.19. The van der Waals surface area contributed by atoms with Gasteiger partial charge in [-0.15, -0.1) is 0 Å². The van der Waals surface area contributed by atoms with Gasteiger partial charge >= 0.3 is 0 Å². The Kier molecular flexibility index (Phi) is 5.57. The summed E-state index contributed by atoms with van der Waals surface area (Å²) in [7, 11) is 0. The van der Waals surface area contributed by atoms with Gasteiger partial charge < -0.3 is 5.32 Å². The third-order valence-corrected chi connectivity index (χ3v) is 3.44. The molecule has 14 heavy (non-hydrogen) atoms. The molecular weight excluding hydrogens is 194 g/mol. The Morgan fingerprint density at radius 3 is 2.71 bits per heavy atom. The summed E-state index contributed by atoms with van der Waals surface area (Å²) in [5.74, 6) is 1.65. The largest absolute Gasteiger partial charge is 0.310 e. The van der Waals surface area contributed by atoms with Crippen LogP contribution in [0.5, 0.6) is 0 Å². The third-order valence-electron chi connectivity index (χ3n) is 3.26. The molecule has 0 radical (unpaired) electrons. The van der Waals surface area contributed by atoms with Gasteiger partial charge in [0.05, 0.1) is 0 Å². The van der Waals surface area contributed by atoms with E-state index in [1.165, 1.54) is 25.7 Å². The Hall–Kier alpha value is -0.0100. The third kappa shape index (κ3) is 3.62. The van der Waals surface area contributed by atoms with Crippen molar-refractivity contribution in [3.8, 4) is 0 Å². The minimum atomic E-state index is 0.705. The second-order valence-corrected chi connectivity index (χ2v) is 4.82. The fourth-order valence-corrected chi connectivity index (χ4v) is 2.56. The van der Waals surface area contributed by atoms with E-state index >= 15 is 0 Å². The Labute approximate surface area is 92.9 Å². The fraction of sp³-hybridized carbons (Fsp3) is 0.833. The van der Waals surface area contributed by atoms with Crippen LogP contribution in [0.4, 0.5) is 0 Å². The van der Waals surface area contributed by atoms with E-state index in [0.717, 1.165) is 18.4 Å². The molecule has 0 aromatic carbocycles. The number of hydrogen-bond donors (Lipinski definition) is 1.